The highest BCUT2D eigenvalue weighted by molar-refractivity contribution is 5.79. The third-order valence-electron chi connectivity index (χ3n) is 19.2. The molecule has 9 saturated carbocycles. The molecule has 2 N–H and O–H groups in total. The fourth-order valence-corrected chi connectivity index (χ4v) is 15.2. The highest BCUT2D eigenvalue weighted by atomic mass is 19.4. The second kappa shape index (κ2) is 48.3. The topological polar surface area (TPSA) is 385 Å². The summed E-state index contributed by atoms with van der Waals surface area (Å²) in [5.74, 6) is -21.4. The van der Waals surface area contributed by atoms with Gasteiger partial charge in [-0.1, -0.05) is 19.3 Å². The van der Waals surface area contributed by atoms with Crippen LogP contribution in [0.1, 0.15) is 219 Å². The standard InChI is InChI=1S/C18H26F2O6.C18H26F2O5.C14H22F2O5.C10H13F5O5.C9H14F2O5.C8H11F5O4/c1-11(21)24-8-14(9-25-16(2,19)20)26-15(22)17-4-12-3-13(5-17)7-18(23,6-12)10-17;1-11(21)23-9-15(10-24-17(2,19)20)25-16(22)18-6-12-3-13(7-18)5-14(4-12)8-18;1-10(17)19-8-12(9-20-14(2,15)16)21-13(18)11-6-4-3-5-7-11;1-6(16)19-10(9(13,14)15,20-7(2)17)18-5-4-8(3,11)12;1-6(12)14-4-8(16-7(2)13)5-15-9(3,10)11;1-5(14)17-8(15,7(11,12)13)16-4-3-6(2,9)10/h12-14,23H,3-10H2,1-2H3;12-15H,3-10H2,1-2H3;11-12H,3-9H2,1-2H3;4-5H2,1-3H3;8H,4-5H2,1-3H3;15H,3-4H2,1-2H3. The summed E-state index contributed by atoms with van der Waals surface area (Å²) >= 11 is 0. The molecule has 0 saturated heterocycles. The second-order valence-electron chi connectivity index (χ2n) is 32.3. The molecule has 48 heteroatoms. The molecule has 30 nitrogen and oxygen atoms in total. The average molecular weight is 1860 g/mol. The molecule has 0 aromatic rings. The number of hydrogen-bond donors (Lipinski definition) is 2. The van der Waals surface area contributed by atoms with Crippen molar-refractivity contribution >= 4 is 65.7 Å². The predicted molar refractivity (Wildman–Crippen MR) is 385 cm³/mol. The van der Waals surface area contributed by atoms with E-state index in [1.807, 2.05) is 0 Å². The predicted octanol–water partition coefficient (Wildman–Crippen LogP) is 13.7. The van der Waals surface area contributed by atoms with E-state index in [0.29, 0.717) is 112 Å². The van der Waals surface area contributed by atoms with Crippen LogP contribution >= 0.6 is 0 Å². The van der Waals surface area contributed by atoms with E-state index in [4.69, 9.17) is 33.5 Å². The molecule has 7 atom stereocenters. The van der Waals surface area contributed by atoms with Crippen molar-refractivity contribution in [3.05, 3.63) is 0 Å². The highest BCUT2D eigenvalue weighted by Gasteiger charge is 2.66. The SMILES string of the molecule is CC(=O)OC(O)(OCCC(C)(F)F)C(F)(F)F.CC(=O)OC(OCCC(C)(F)F)(OC(C)=O)C(F)(F)F.CC(=O)OCC(COC(C)(F)F)OC(=O)C12CC3CC(CC(C3)C1)C2.CC(=O)OCC(COC(C)(F)F)OC(=O)C12CC3CC(CC(O)(C3)C1)C2.CC(=O)OCC(COC(C)(F)F)OC(=O)C1CCCCC1.CC(=O)OCC(COC(C)(F)F)OC(C)=O. The minimum absolute atomic E-state index is 0.208. The number of carbonyl (C=O) groups is 11. The monoisotopic (exact) mass is 1860 g/mol. The first-order valence-electron chi connectivity index (χ1n) is 39.4. The number of esters is 11. The number of aliphatic hydroxyl groups is 2. The summed E-state index contributed by atoms with van der Waals surface area (Å²) in [7, 11) is 0. The van der Waals surface area contributed by atoms with Crippen molar-refractivity contribution in [2.24, 2.45) is 46.3 Å². The lowest BCUT2D eigenvalue weighted by Gasteiger charge is -2.58. The fraction of sp³-hybridized carbons (Fsp3) is 0.857. The maximum absolute atomic E-state index is 13.0. The Bertz CT molecular complexity index is 3390. The van der Waals surface area contributed by atoms with Crippen LogP contribution in [0.3, 0.4) is 0 Å². The van der Waals surface area contributed by atoms with Gasteiger partial charge in [-0.2, -0.15) is 61.5 Å². The van der Waals surface area contributed by atoms with Crippen molar-refractivity contribution in [2.45, 2.75) is 310 Å². The minimum atomic E-state index is -5.45. The average Bonchev–Trinajstić information content (AvgIpc) is 0.739. The number of ether oxygens (including phenoxy) is 17. The quantitative estimate of drug-likeness (QED) is 0.0251. The van der Waals surface area contributed by atoms with E-state index in [1.165, 1.54) is 40.0 Å². The van der Waals surface area contributed by atoms with Crippen LogP contribution in [0.5, 0.6) is 0 Å². The fourth-order valence-electron chi connectivity index (χ4n) is 15.2. The van der Waals surface area contributed by atoms with Gasteiger partial charge in [-0.05, 0) is 133 Å². The highest BCUT2D eigenvalue weighted by Crippen LogP contribution is 2.63. The zero-order valence-electron chi connectivity index (χ0n) is 71.4. The van der Waals surface area contributed by atoms with Crippen LogP contribution in [0.15, 0.2) is 0 Å². The number of halogens is 18. The van der Waals surface area contributed by atoms with Gasteiger partial charge in [-0.3, -0.25) is 57.5 Å². The van der Waals surface area contributed by atoms with Gasteiger partial charge in [0.25, 0.3) is 0 Å². The van der Waals surface area contributed by atoms with Crippen LogP contribution in [0.4, 0.5) is 79.0 Å². The zero-order chi connectivity index (χ0) is 96.2. The van der Waals surface area contributed by atoms with E-state index in [1.54, 1.807) is 0 Å². The third-order valence-corrected chi connectivity index (χ3v) is 19.2. The van der Waals surface area contributed by atoms with Crippen molar-refractivity contribution in [1.29, 1.82) is 0 Å². The van der Waals surface area contributed by atoms with E-state index in [9.17, 15) is 137 Å². The first-order valence-corrected chi connectivity index (χ1v) is 39.4. The van der Waals surface area contributed by atoms with E-state index < -0.39 is 214 Å². The van der Waals surface area contributed by atoms with Gasteiger partial charge in [0.1, 0.15) is 26.4 Å². The van der Waals surface area contributed by atoms with E-state index >= 15 is 0 Å². The summed E-state index contributed by atoms with van der Waals surface area (Å²) in [6, 6.07) is 0. The Balaban J connectivity index is 0.000000513. The van der Waals surface area contributed by atoms with Crippen LogP contribution in [0.25, 0.3) is 0 Å². The Morgan fingerprint density at radius 2 is 0.648 bits per heavy atom. The van der Waals surface area contributed by atoms with Crippen LogP contribution in [0.2, 0.25) is 0 Å². The lowest BCUT2D eigenvalue weighted by molar-refractivity contribution is -0.455. The molecule has 0 aromatic carbocycles. The molecule has 0 aliphatic heterocycles. The van der Waals surface area contributed by atoms with Crippen LogP contribution in [-0.2, 0) is 133 Å². The molecule has 9 fully saturated rings. The summed E-state index contributed by atoms with van der Waals surface area (Å²) in [6.45, 7) is 5.34. The molecule has 8 bridgehead atoms. The van der Waals surface area contributed by atoms with Crippen molar-refractivity contribution in [3.63, 3.8) is 0 Å². The zero-order valence-corrected chi connectivity index (χ0v) is 71.4. The summed E-state index contributed by atoms with van der Waals surface area (Å²) in [4.78, 5) is 123. The Kier molecular flexibility index (Phi) is 43.9. The Morgan fingerprint density at radius 3 is 0.936 bits per heavy atom. The molecular formula is C77H112F18O30. The number of carbonyl (C=O) groups excluding carboxylic acids is 11. The van der Waals surface area contributed by atoms with Crippen molar-refractivity contribution in [3.8, 4) is 0 Å². The molecule has 0 aromatic heterocycles. The lowest BCUT2D eigenvalue weighted by Crippen LogP contribution is -2.59. The van der Waals surface area contributed by atoms with E-state index in [-0.39, 0.29) is 50.2 Å². The van der Waals surface area contributed by atoms with Gasteiger partial charge in [0, 0.05) is 95.9 Å². The van der Waals surface area contributed by atoms with Crippen LogP contribution < -0.4 is 0 Å². The summed E-state index contributed by atoms with van der Waals surface area (Å²) < 4.78 is 303. The maximum Gasteiger partial charge on any atom is 0.500 e. The molecule has 125 heavy (non-hydrogen) atoms. The van der Waals surface area contributed by atoms with E-state index in [0.717, 1.165) is 71.6 Å². The number of rotatable bonds is 38. The molecule has 0 amide bonds. The van der Waals surface area contributed by atoms with Crippen LogP contribution in [0, 0.1) is 46.3 Å². The molecule has 9 aliphatic carbocycles. The van der Waals surface area contributed by atoms with Gasteiger partial charge in [0.15, 0.2) is 24.4 Å². The number of hydrogen-bond acceptors (Lipinski definition) is 30. The molecule has 726 valence electrons. The molecule has 0 heterocycles. The van der Waals surface area contributed by atoms with Crippen molar-refractivity contribution in [2.75, 3.05) is 66.1 Å². The smallest absolute Gasteiger partial charge is 0.462 e. The lowest BCUT2D eigenvalue weighted by atomic mass is 9.48. The molecule has 0 spiro atoms. The maximum atomic E-state index is 13.0. The van der Waals surface area contributed by atoms with Gasteiger partial charge in [0.2, 0.25) is 11.8 Å². The minimum Gasteiger partial charge on any atom is -0.462 e. The Morgan fingerprint density at radius 1 is 0.344 bits per heavy atom. The summed E-state index contributed by atoms with van der Waals surface area (Å²) in [5, 5.41) is 19.6. The number of alkyl halides is 18. The summed E-state index contributed by atoms with van der Waals surface area (Å²) in [5.41, 5.74) is -2.10. The molecule has 7 unspecified atom stereocenters. The second-order valence-corrected chi connectivity index (χ2v) is 32.3. The molecule has 0 radical (unpaired) electrons. The van der Waals surface area contributed by atoms with E-state index in [2.05, 4.69) is 52.1 Å². The first-order chi connectivity index (χ1) is 56.8. The third kappa shape index (κ3) is 45.9. The Hall–Kier alpha value is -7.41. The van der Waals surface area contributed by atoms with Gasteiger partial charge >= 0.3 is 114 Å². The molecular weight excluding hydrogens is 1750 g/mol. The van der Waals surface area contributed by atoms with Gasteiger partial charge < -0.3 is 86.0 Å². The largest absolute Gasteiger partial charge is 0.500 e. The van der Waals surface area contributed by atoms with Crippen molar-refractivity contribution in [1.82, 2.24) is 0 Å². The van der Waals surface area contributed by atoms with Crippen LogP contribution in [-0.4, -0.2) is 233 Å². The first kappa shape index (κ1) is 114. The summed E-state index contributed by atoms with van der Waals surface area (Å²) in [6.07, 6.45) is -16.0. The van der Waals surface area contributed by atoms with Gasteiger partial charge in [0.05, 0.1) is 62.0 Å². The molecule has 9 aliphatic rings. The normalized spacial score (nSPS) is 23.6. The van der Waals surface area contributed by atoms with Gasteiger partial charge in [-0.25, -0.2) is 17.6 Å². The Labute approximate surface area is 708 Å². The molecule has 9 rings (SSSR count). The van der Waals surface area contributed by atoms with Gasteiger partial charge in [-0.15, -0.1) is 0 Å². The van der Waals surface area contributed by atoms with Crippen molar-refractivity contribution < 1.29 is 223 Å².